The zero-order valence-electron chi connectivity index (χ0n) is 11.2. The molecule has 3 aromatic rings. The van der Waals surface area contributed by atoms with E-state index in [0.29, 0.717) is 35.0 Å². The minimum absolute atomic E-state index is 0.147. The van der Waals surface area contributed by atoms with Gasteiger partial charge in [-0.1, -0.05) is 11.6 Å². The number of nitrogens with one attached hydrogen (secondary N) is 2. The molecule has 4 rings (SSSR count). The van der Waals surface area contributed by atoms with Crippen LogP contribution in [0.25, 0.3) is 10.9 Å². The van der Waals surface area contributed by atoms with Gasteiger partial charge in [-0.15, -0.1) is 0 Å². The Morgan fingerprint density at radius 2 is 2.23 bits per heavy atom. The van der Waals surface area contributed by atoms with Crippen LogP contribution in [0.1, 0.15) is 0 Å². The molecule has 0 fully saturated rings. The van der Waals surface area contributed by atoms with Crippen LogP contribution in [0.3, 0.4) is 0 Å². The molecular formula is C13H11ClN4O3S. The van der Waals surface area contributed by atoms with Crippen LogP contribution >= 0.6 is 11.6 Å². The number of halogens is 1. The SMILES string of the molecule is O=S(=O)(Nc1cc2n(n1)CCO2)c1c[nH]c2cc(Cl)ccc12. The van der Waals surface area contributed by atoms with E-state index in [4.69, 9.17) is 16.3 Å². The van der Waals surface area contributed by atoms with Gasteiger partial charge in [0.15, 0.2) is 5.82 Å². The van der Waals surface area contributed by atoms with Crippen LogP contribution < -0.4 is 9.46 Å². The highest BCUT2D eigenvalue weighted by Gasteiger charge is 2.22. The third-order valence-electron chi connectivity index (χ3n) is 3.43. The van der Waals surface area contributed by atoms with Gasteiger partial charge in [0.1, 0.15) is 11.5 Å². The summed E-state index contributed by atoms with van der Waals surface area (Å²) in [5.41, 5.74) is 0.656. The maximum absolute atomic E-state index is 12.5. The first-order valence-electron chi connectivity index (χ1n) is 6.53. The molecule has 0 aliphatic carbocycles. The number of hydrogen-bond donors (Lipinski definition) is 2. The predicted molar refractivity (Wildman–Crippen MR) is 81.8 cm³/mol. The van der Waals surface area contributed by atoms with Crippen molar-refractivity contribution in [2.24, 2.45) is 0 Å². The van der Waals surface area contributed by atoms with Crippen LogP contribution in [-0.4, -0.2) is 29.8 Å². The Morgan fingerprint density at radius 1 is 1.36 bits per heavy atom. The Bertz CT molecular complexity index is 955. The maximum atomic E-state index is 12.5. The molecule has 0 saturated heterocycles. The van der Waals surface area contributed by atoms with Crippen molar-refractivity contribution in [2.45, 2.75) is 11.4 Å². The highest BCUT2D eigenvalue weighted by atomic mass is 35.5. The average Bonchev–Trinajstić information content (AvgIpc) is 3.10. The fourth-order valence-corrected chi connectivity index (χ4v) is 3.79. The first-order chi connectivity index (χ1) is 10.5. The number of hydrogen-bond acceptors (Lipinski definition) is 4. The number of H-pyrrole nitrogens is 1. The molecule has 7 nitrogen and oxygen atoms in total. The molecule has 0 radical (unpaired) electrons. The van der Waals surface area contributed by atoms with E-state index in [9.17, 15) is 8.42 Å². The fraction of sp³-hybridized carbons (Fsp3) is 0.154. The van der Waals surface area contributed by atoms with Crippen LogP contribution in [0.15, 0.2) is 35.4 Å². The topological polar surface area (TPSA) is 89.0 Å². The summed E-state index contributed by atoms with van der Waals surface area (Å²) in [6, 6.07) is 6.56. The third-order valence-corrected chi connectivity index (χ3v) is 5.06. The first-order valence-corrected chi connectivity index (χ1v) is 8.39. The monoisotopic (exact) mass is 338 g/mol. The van der Waals surface area contributed by atoms with Crippen molar-refractivity contribution >= 4 is 38.3 Å². The van der Waals surface area contributed by atoms with Gasteiger partial charge in [0.25, 0.3) is 10.0 Å². The van der Waals surface area contributed by atoms with Gasteiger partial charge in [0.05, 0.1) is 6.54 Å². The average molecular weight is 339 g/mol. The molecule has 1 aromatic carbocycles. The van der Waals surface area contributed by atoms with Crippen molar-refractivity contribution in [1.82, 2.24) is 14.8 Å². The minimum atomic E-state index is -3.75. The molecule has 1 aliphatic rings. The summed E-state index contributed by atoms with van der Waals surface area (Å²) in [6.45, 7) is 1.17. The Kier molecular flexibility index (Phi) is 2.85. The third kappa shape index (κ3) is 2.11. The van der Waals surface area contributed by atoms with Crippen LogP contribution in [0.4, 0.5) is 5.82 Å². The first kappa shape index (κ1) is 13.5. The van der Waals surface area contributed by atoms with Crippen LogP contribution in [0, 0.1) is 0 Å². The summed E-state index contributed by atoms with van der Waals surface area (Å²) < 4.78 is 34.5. The van der Waals surface area contributed by atoms with Crippen molar-refractivity contribution in [1.29, 1.82) is 0 Å². The molecule has 0 bridgehead atoms. The smallest absolute Gasteiger partial charge is 0.265 e. The van der Waals surface area contributed by atoms with Crippen LogP contribution in [0.2, 0.25) is 5.02 Å². The van der Waals surface area contributed by atoms with Gasteiger partial charge >= 0.3 is 0 Å². The maximum Gasteiger partial charge on any atom is 0.265 e. The second kappa shape index (κ2) is 4.65. The fourth-order valence-electron chi connectivity index (χ4n) is 2.45. The predicted octanol–water partition coefficient (Wildman–Crippen LogP) is 2.21. The summed E-state index contributed by atoms with van der Waals surface area (Å²) in [5.74, 6) is 0.793. The van der Waals surface area contributed by atoms with Crippen molar-refractivity contribution < 1.29 is 13.2 Å². The Labute approximate surface area is 130 Å². The van der Waals surface area contributed by atoms with Crippen molar-refractivity contribution in [3.63, 3.8) is 0 Å². The molecule has 0 atom stereocenters. The molecule has 0 saturated carbocycles. The Hall–Kier alpha value is -2.19. The second-order valence-corrected chi connectivity index (χ2v) is 6.98. The van der Waals surface area contributed by atoms with Crippen molar-refractivity contribution in [2.75, 3.05) is 11.3 Å². The molecule has 1 aliphatic heterocycles. The molecule has 3 heterocycles. The molecule has 114 valence electrons. The number of aromatic nitrogens is 3. The van der Waals surface area contributed by atoms with Gasteiger partial charge in [-0.25, -0.2) is 13.1 Å². The zero-order valence-corrected chi connectivity index (χ0v) is 12.8. The second-order valence-electron chi connectivity index (χ2n) is 4.89. The number of nitrogens with zero attached hydrogens (tertiary/aromatic N) is 2. The lowest BCUT2D eigenvalue weighted by atomic mass is 10.2. The van der Waals surface area contributed by atoms with E-state index in [2.05, 4.69) is 14.8 Å². The number of sulfonamides is 1. The molecule has 22 heavy (non-hydrogen) atoms. The van der Waals surface area contributed by atoms with Crippen molar-refractivity contribution in [3.05, 3.63) is 35.5 Å². The molecule has 2 aromatic heterocycles. The largest absolute Gasteiger partial charge is 0.476 e. The normalized spacial score (nSPS) is 14.0. The van der Waals surface area contributed by atoms with E-state index >= 15 is 0 Å². The molecule has 2 N–H and O–H groups in total. The van der Waals surface area contributed by atoms with Crippen LogP contribution in [-0.2, 0) is 16.6 Å². The minimum Gasteiger partial charge on any atom is -0.476 e. The van der Waals surface area contributed by atoms with Gasteiger partial charge < -0.3 is 9.72 Å². The lowest BCUT2D eigenvalue weighted by Gasteiger charge is -2.04. The highest BCUT2D eigenvalue weighted by molar-refractivity contribution is 7.93. The Morgan fingerprint density at radius 3 is 3.05 bits per heavy atom. The lowest BCUT2D eigenvalue weighted by molar-refractivity contribution is 0.357. The number of benzene rings is 1. The summed E-state index contributed by atoms with van der Waals surface area (Å²) >= 11 is 5.90. The van der Waals surface area contributed by atoms with Gasteiger partial charge in [-0.3, -0.25) is 4.72 Å². The molecule has 0 amide bonds. The summed E-state index contributed by atoms with van der Waals surface area (Å²) in [5, 5.41) is 5.26. The zero-order chi connectivity index (χ0) is 15.3. The van der Waals surface area contributed by atoms with E-state index in [1.165, 1.54) is 6.20 Å². The van der Waals surface area contributed by atoms with Gasteiger partial charge in [-0.2, -0.15) is 5.10 Å². The van der Waals surface area contributed by atoms with E-state index in [1.54, 1.807) is 28.9 Å². The molecule has 9 heteroatoms. The number of rotatable bonds is 3. The molecular weight excluding hydrogens is 328 g/mol. The van der Waals surface area contributed by atoms with Gasteiger partial charge in [0.2, 0.25) is 5.88 Å². The summed E-state index contributed by atoms with van der Waals surface area (Å²) in [6.07, 6.45) is 1.43. The lowest BCUT2D eigenvalue weighted by Crippen LogP contribution is -2.13. The number of fused-ring (bicyclic) bond motifs is 2. The number of ether oxygens (including phenoxy) is 1. The summed E-state index contributed by atoms with van der Waals surface area (Å²) in [4.78, 5) is 3.05. The number of aromatic amines is 1. The van der Waals surface area contributed by atoms with Gasteiger partial charge in [-0.05, 0) is 18.2 Å². The molecule has 0 unspecified atom stereocenters. The van der Waals surface area contributed by atoms with Crippen molar-refractivity contribution in [3.8, 4) is 5.88 Å². The van der Waals surface area contributed by atoms with E-state index < -0.39 is 10.0 Å². The van der Waals surface area contributed by atoms with E-state index in [-0.39, 0.29) is 10.7 Å². The van der Waals surface area contributed by atoms with Crippen LogP contribution in [0.5, 0.6) is 5.88 Å². The highest BCUT2D eigenvalue weighted by Crippen LogP contribution is 2.28. The quantitative estimate of drug-likeness (QED) is 0.766. The standard InChI is InChI=1S/C13H11ClN4O3S/c14-8-1-2-9-10(5-8)15-7-11(9)22(19,20)17-12-6-13-18(16-12)3-4-21-13/h1-2,5-7,15H,3-4H2,(H,16,17). The van der Waals surface area contributed by atoms with E-state index in [1.807, 2.05) is 0 Å². The Balaban J connectivity index is 1.72. The van der Waals surface area contributed by atoms with E-state index in [0.717, 1.165) is 0 Å². The summed E-state index contributed by atoms with van der Waals surface area (Å²) in [7, 11) is -3.75. The van der Waals surface area contributed by atoms with Gasteiger partial charge in [0, 0.05) is 28.2 Å². The number of anilines is 1. The molecule has 0 spiro atoms.